The zero-order valence-electron chi connectivity index (χ0n) is 8.69. The summed E-state index contributed by atoms with van der Waals surface area (Å²) < 4.78 is 0. The Morgan fingerprint density at radius 3 is 2.50 bits per heavy atom. The Balaban J connectivity index is 2.04. The van der Waals surface area contributed by atoms with E-state index < -0.39 is 0 Å². The van der Waals surface area contributed by atoms with E-state index in [1.54, 1.807) is 0 Å². The molecule has 3 heteroatoms. The highest BCUT2D eigenvalue weighted by Crippen LogP contribution is 2.37. The van der Waals surface area contributed by atoms with Crippen molar-refractivity contribution in [1.29, 1.82) is 5.26 Å². The number of rotatable bonds is 2. The molecule has 78 valence electrons. The lowest BCUT2D eigenvalue weighted by atomic mass is 9.97. The molecule has 0 aromatic carbocycles. The van der Waals surface area contributed by atoms with Gasteiger partial charge in [-0.3, -0.25) is 4.90 Å². The second-order valence-corrected chi connectivity index (χ2v) is 4.67. The Morgan fingerprint density at radius 2 is 2.00 bits per heavy atom. The summed E-state index contributed by atoms with van der Waals surface area (Å²) in [6.07, 6.45) is 4.74. The zero-order chi connectivity index (χ0) is 10.1. The molecule has 0 aromatic heterocycles. The molecule has 2 rings (SSSR count). The number of aliphatic hydroxyl groups excluding tert-OH is 1. The molecule has 0 radical (unpaired) electrons. The SMILES string of the molecule is CC(CC#N)N1C2CCC1CC(O)C2. The Bertz CT molecular complexity index is 234. The van der Waals surface area contributed by atoms with Gasteiger partial charge in [-0.25, -0.2) is 0 Å². The van der Waals surface area contributed by atoms with Crippen LogP contribution in [0.3, 0.4) is 0 Å². The van der Waals surface area contributed by atoms with Crippen LogP contribution in [0.25, 0.3) is 0 Å². The van der Waals surface area contributed by atoms with E-state index in [1.807, 2.05) is 0 Å². The van der Waals surface area contributed by atoms with Crippen molar-refractivity contribution >= 4 is 0 Å². The predicted octanol–water partition coefficient (Wildman–Crippen LogP) is 1.28. The van der Waals surface area contributed by atoms with Crippen molar-refractivity contribution in [1.82, 2.24) is 4.90 Å². The van der Waals surface area contributed by atoms with Gasteiger partial charge in [0.25, 0.3) is 0 Å². The van der Waals surface area contributed by atoms with Crippen LogP contribution < -0.4 is 0 Å². The maximum atomic E-state index is 9.63. The Kier molecular flexibility index (Phi) is 2.76. The summed E-state index contributed by atoms with van der Waals surface area (Å²) in [5.74, 6) is 0. The molecule has 14 heavy (non-hydrogen) atoms. The van der Waals surface area contributed by atoms with E-state index in [2.05, 4.69) is 17.9 Å². The first-order valence-electron chi connectivity index (χ1n) is 5.55. The molecule has 0 spiro atoms. The predicted molar refractivity (Wildman–Crippen MR) is 53.6 cm³/mol. The standard InChI is InChI=1S/C11H18N2O/c1-8(4-5-12)13-9-2-3-10(13)7-11(14)6-9/h8-11,14H,2-4,6-7H2,1H3. The summed E-state index contributed by atoms with van der Waals surface area (Å²) in [5.41, 5.74) is 0. The molecule has 3 nitrogen and oxygen atoms in total. The fourth-order valence-corrected chi connectivity index (χ4v) is 3.14. The number of hydrogen-bond acceptors (Lipinski definition) is 3. The van der Waals surface area contributed by atoms with Gasteiger partial charge < -0.3 is 5.11 Å². The maximum Gasteiger partial charge on any atom is 0.0638 e. The molecular weight excluding hydrogens is 176 g/mol. The second-order valence-electron chi connectivity index (χ2n) is 4.67. The van der Waals surface area contributed by atoms with Crippen molar-refractivity contribution in [2.24, 2.45) is 0 Å². The normalized spacial score (nSPS) is 39.4. The lowest BCUT2D eigenvalue weighted by Gasteiger charge is -2.40. The van der Waals surface area contributed by atoms with Crippen molar-refractivity contribution in [2.45, 2.75) is 63.3 Å². The van der Waals surface area contributed by atoms with Gasteiger partial charge in [-0.1, -0.05) is 0 Å². The van der Waals surface area contributed by atoms with Crippen molar-refractivity contribution in [3.63, 3.8) is 0 Å². The number of nitrogens with zero attached hydrogens (tertiary/aromatic N) is 2. The summed E-state index contributed by atoms with van der Waals surface area (Å²) in [5, 5.41) is 18.3. The van der Waals surface area contributed by atoms with Crippen LogP contribution in [0.15, 0.2) is 0 Å². The van der Waals surface area contributed by atoms with E-state index in [0.29, 0.717) is 24.5 Å². The first kappa shape index (κ1) is 9.95. The zero-order valence-corrected chi connectivity index (χ0v) is 8.69. The quantitative estimate of drug-likeness (QED) is 0.720. The fourth-order valence-electron chi connectivity index (χ4n) is 3.14. The van der Waals surface area contributed by atoms with E-state index in [9.17, 15) is 5.11 Å². The van der Waals surface area contributed by atoms with E-state index in [4.69, 9.17) is 5.26 Å². The molecule has 2 aliphatic rings. The van der Waals surface area contributed by atoms with Gasteiger partial charge in [-0.05, 0) is 32.6 Å². The highest BCUT2D eigenvalue weighted by molar-refractivity contribution is 4.98. The number of hydrogen-bond donors (Lipinski definition) is 1. The minimum Gasteiger partial charge on any atom is -0.393 e. The van der Waals surface area contributed by atoms with Crippen LogP contribution in [0.1, 0.15) is 39.0 Å². The number of piperidine rings is 1. The second kappa shape index (κ2) is 3.88. The van der Waals surface area contributed by atoms with Crippen molar-refractivity contribution < 1.29 is 5.11 Å². The molecule has 2 heterocycles. The van der Waals surface area contributed by atoms with Crippen LogP contribution in [-0.2, 0) is 0 Å². The van der Waals surface area contributed by atoms with Crippen LogP contribution in [0, 0.1) is 11.3 Å². The average Bonchev–Trinajstić information content (AvgIpc) is 2.39. The van der Waals surface area contributed by atoms with E-state index >= 15 is 0 Å². The lowest BCUT2D eigenvalue weighted by Crippen LogP contribution is -2.48. The number of fused-ring (bicyclic) bond motifs is 2. The summed E-state index contributed by atoms with van der Waals surface area (Å²) in [7, 11) is 0. The van der Waals surface area contributed by atoms with Gasteiger partial charge in [0.15, 0.2) is 0 Å². The van der Waals surface area contributed by atoms with Crippen LogP contribution >= 0.6 is 0 Å². The number of aliphatic hydroxyl groups is 1. The number of nitriles is 1. The van der Waals surface area contributed by atoms with E-state index in [1.165, 1.54) is 12.8 Å². The first-order valence-corrected chi connectivity index (χ1v) is 5.55. The van der Waals surface area contributed by atoms with Gasteiger partial charge in [-0.2, -0.15) is 5.26 Å². The highest BCUT2D eigenvalue weighted by atomic mass is 16.3. The maximum absolute atomic E-state index is 9.63. The molecular formula is C11H18N2O. The molecule has 3 atom stereocenters. The molecule has 2 aliphatic heterocycles. The van der Waals surface area contributed by atoms with Crippen LogP contribution in [0.5, 0.6) is 0 Å². The summed E-state index contributed by atoms with van der Waals surface area (Å²) in [4.78, 5) is 2.47. The fraction of sp³-hybridized carbons (Fsp3) is 0.909. The van der Waals surface area contributed by atoms with Crippen LogP contribution in [0.2, 0.25) is 0 Å². The van der Waals surface area contributed by atoms with E-state index in [-0.39, 0.29) is 6.10 Å². The van der Waals surface area contributed by atoms with Crippen LogP contribution in [-0.4, -0.2) is 34.2 Å². The minimum absolute atomic E-state index is 0.0990. The lowest BCUT2D eigenvalue weighted by molar-refractivity contribution is 0.0156. The highest BCUT2D eigenvalue weighted by Gasteiger charge is 2.41. The first-order chi connectivity index (χ1) is 6.72. The Hall–Kier alpha value is -0.590. The van der Waals surface area contributed by atoms with Crippen molar-refractivity contribution in [2.75, 3.05) is 0 Å². The largest absolute Gasteiger partial charge is 0.393 e. The van der Waals surface area contributed by atoms with Gasteiger partial charge in [0, 0.05) is 18.1 Å². The molecule has 0 saturated carbocycles. The van der Waals surface area contributed by atoms with Gasteiger partial charge in [-0.15, -0.1) is 0 Å². The molecule has 2 bridgehead atoms. The minimum atomic E-state index is -0.0990. The molecule has 1 N–H and O–H groups in total. The molecule has 0 amide bonds. The van der Waals surface area contributed by atoms with Gasteiger partial charge in [0.05, 0.1) is 18.6 Å². The third kappa shape index (κ3) is 1.65. The molecule has 3 unspecified atom stereocenters. The van der Waals surface area contributed by atoms with Gasteiger partial charge in [0.2, 0.25) is 0 Å². The average molecular weight is 194 g/mol. The summed E-state index contributed by atoms with van der Waals surface area (Å²) in [6.45, 7) is 2.13. The van der Waals surface area contributed by atoms with Gasteiger partial charge >= 0.3 is 0 Å². The third-order valence-electron chi connectivity index (χ3n) is 3.66. The smallest absolute Gasteiger partial charge is 0.0638 e. The third-order valence-corrected chi connectivity index (χ3v) is 3.66. The Labute approximate surface area is 85.3 Å². The monoisotopic (exact) mass is 194 g/mol. The van der Waals surface area contributed by atoms with E-state index in [0.717, 1.165) is 12.8 Å². The molecule has 2 saturated heterocycles. The van der Waals surface area contributed by atoms with Gasteiger partial charge in [0.1, 0.15) is 0 Å². The molecule has 0 aliphatic carbocycles. The van der Waals surface area contributed by atoms with Crippen LogP contribution in [0.4, 0.5) is 0 Å². The van der Waals surface area contributed by atoms with Crippen molar-refractivity contribution in [3.8, 4) is 6.07 Å². The topological polar surface area (TPSA) is 47.3 Å². The molecule has 0 aromatic rings. The molecule has 2 fully saturated rings. The summed E-state index contributed by atoms with van der Waals surface area (Å²) >= 11 is 0. The Morgan fingerprint density at radius 1 is 1.43 bits per heavy atom. The van der Waals surface area contributed by atoms with Crippen molar-refractivity contribution in [3.05, 3.63) is 0 Å². The summed E-state index contributed by atoms with van der Waals surface area (Å²) in [6, 6.07) is 3.68.